The Kier molecular flexibility index (Phi) is 3.64. The lowest BCUT2D eigenvalue weighted by atomic mass is 10.2. The first-order valence-electron chi connectivity index (χ1n) is 5.92. The largest absolute Gasteiger partial charge is 0.465 e. The maximum Gasteiger partial charge on any atom is 0.208 e. The van der Waals surface area contributed by atoms with Crippen molar-refractivity contribution in [1.29, 1.82) is 0 Å². The third kappa shape index (κ3) is 2.97. The Hall–Kier alpha value is -1.55. The van der Waals surface area contributed by atoms with E-state index in [1.54, 1.807) is 6.20 Å². The van der Waals surface area contributed by atoms with Gasteiger partial charge in [0.1, 0.15) is 17.3 Å². The van der Waals surface area contributed by atoms with Crippen molar-refractivity contribution in [2.45, 2.75) is 39.8 Å². The molecule has 0 aliphatic rings. The van der Waals surface area contributed by atoms with Crippen molar-refractivity contribution in [3.05, 3.63) is 41.5 Å². The van der Waals surface area contributed by atoms with E-state index in [0.717, 1.165) is 29.6 Å². The average Bonchev–Trinajstić information content (AvgIpc) is 2.94. The lowest BCUT2D eigenvalue weighted by Crippen LogP contribution is -2.17. The van der Waals surface area contributed by atoms with E-state index in [4.69, 9.17) is 8.83 Å². The van der Waals surface area contributed by atoms with Crippen molar-refractivity contribution < 1.29 is 8.83 Å². The molecule has 2 aromatic heterocycles. The molecule has 2 heterocycles. The Balaban J connectivity index is 1.89. The van der Waals surface area contributed by atoms with Crippen LogP contribution in [0.5, 0.6) is 0 Å². The first-order chi connectivity index (χ1) is 8.19. The van der Waals surface area contributed by atoms with Gasteiger partial charge < -0.3 is 8.83 Å². The Labute approximate surface area is 101 Å². The number of nitrogens with zero attached hydrogens (tertiary/aromatic N) is 1. The Bertz CT molecular complexity index is 473. The summed E-state index contributed by atoms with van der Waals surface area (Å²) in [6.45, 7) is 6.66. The normalized spacial score (nSPS) is 12.9. The van der Waals surface area contributed by atoms with Gasteiger partial charge in [-0.25, -0.2) is 4.98 Å². The second-order valence-corrected chi connectivity index (χ2v) is 4.12. The van der Waals surface area contributed by atoms with Crippen LogP contribution in [-0.2, 0) is 13.0 Å². The van der Waals surface area contributed by atoms with Crippen molar-refractivity contribution in [2.24, 2.45) is 0 Å². The van der Waals surface area contributed by atoms with Crippen molar-refractivity contribution in [3.8, 4) is 0 Å². The molecule has 0 aliphatic heterocycles. The maximum atomic E-state index is 5.55. The van der Waals surface area contributed by atoms with E-state index in [9.17, 15) is 0 Å². The van der Waals surface area contributed by atoms with Crippen LogP contribution in [0.3, 0.4) is 0 Å². The lowest BCUT2D eigenvalue weighted by molar-refractivity contribution is 0.385. The SMILES string of the molecule is CCc1cnc(CNC(C)c2ccc(C)o2)o1. The Morgan fingerprint density at radius 2 is 2.18 bits per heavy atom. The number of rotatable bonds is 5. The molecule has 0 aliphatic carbocycles. The highest BCUT2D eigenvalue weighted by molar-refractivity contribution is 5.09. The van der Waals surface area contributed by atoms with Crippen LogP contribution in [0.15, 0.2) is 27.2 Å². The van der Waals surface area contributed by atoms with E-state index in [2.05, 4.69) is 17.2 Å². The molecule has 0 bridgehead atoms. The molecular weight excluding hydrogens is 216 g/mol. The standard InChI is InChI=1S/C13H18N2O2/c1-4-11-7-15-13(17-11)8-14-10(3)12-6-5-9(2)16-12/h5-7,10,14H,4,8H2,1-3H3. The van der Waals surface area contributed by atoms with Crippen molar-refractivity contribution >= 4 is 0 Å². The third-order valence-electron chi connectivity index (χ3n) is 2.70. The van der Waals surface area contributed by atoms with E-state index in [-0.39, 0.29) is 6.04 Å². The zero-order valence-electron chi connectivity index (χ0n) is 10.5. The summed E-state index contributed by atoms with van der Waals surface area (Å²) in [6, 6.07) is 4.11. The van der Waals surface area contributed by atoms with Crippen molar-refractivity contribution in [3.63, 3.8) is 0 Å². The molecule has 2 rings (SSSR count). The number of hydrogen-bond donors (Lipinski definition) is 1. The van der Waals surface area contributed by atoms with Gasteiger partial charge in [-0.1, -0.05) is 6.92 Å². The molecule has 92 valence electrons. The van der Waals surface area contributed by atoms with E-state index >= 15 is 0 Å². The third-order valence-corrected chi connectivity index (χ3v) is 2.70. The Morgan fingerprint density at radius 1 is 1.35 bits per heavy atom. The Morgan fingerprint density at radius 3 is 2.76 bits per heavy atom. The molecule has 0 saturated heterocycles. The van der Waals surface area contributed by atoms with E-state index < -0.39 is 0 Å². The van der Waals surface area contributed by atoms with E-state index in [1.807, 2.05) is 26.0 Å². The average molecular weight is 234 g/mol. The number of aromatic nitrogens is 1. The topological polar surface area (TPSA) is 51.2 Å². The van der Waals surface area contributed by atoms with Crippen LogP contribution in [0.25, 0.3) is 0 Å². The molecule has 1 N–H and O–H groups in total. The van der Waals surface area contributed by atoms with Gasteiger partial charge in [0.15, 0.2) is 0 Å². The zero-order valence-corrected chi connectivity index (χ0v) is 10.5. The van der Waals surface area contributed by atoms with Gasteiger partial charge in [0.05, 0.1) is 18.8 Å². The first-order valence-corrected chi connectivity index (χ1v) is 5.92. The molecule has 0 radical (unpaired) electrons. The molecule has 2 aromatic rings. The molecule has 17 heavy (non-hydrogen) atoms. The van der Waals surface area contributed by atoms with Crippen LogP contribution in [0, 0.1) is 6.92 Å². The quantitative estimate of drug-likeness (QED) is 0.864. The minimum Gasteiger partial charge on any atom is -0.465 e. The molecule has 1 atom stereocenters. The van der Waals surface area contributed by atoms with Crippen LogP contribution < -0.4 is 5.32 Å². The van der Waals surface area contributed by atoms with E-state index in [0.29, 0.717) is 6.54 Å². The number of oxazole rings is 1. The molecule has 0 amide bonds. The predicted molar refractivity (Wildman–Crippen MR) is 64.6 cm³/mol. The fraction of sp³-hybridized carbons (Fsp3) is 0.462. The number of hydrogen-bond acceptors (Lipinski definition) is 4. The highest BCUT2D eigenvalue weighted by atomic mass is 16.4. The summed E-state index contributed by atoms with van der Waals surface area (Å²) in [5, 5.41) is 3.32. The van der Waals surface area contributed by atoms with Crippen LogP contribution >= 0.6 is 0 Å². The van der Waals surface area contributed by atoms with Gasteiger partial charge >= 0.3 is 0 Å². The van der Waals surface area contributed by atoms with Gasteiger partial charge in [0.2, 0.25) is 5.89 Å². The summed E-state index contributed by atoms with van der Waals surface area (Å²) in [4.78, 5) is 4.20. The molecule has 4 heteroatoms. The highest BCUT2D eigenvalue weighted by Gasteiger charge is 2.10. The molecule has 0 spiro atoms. The summed E-state index contributed by atoms with van der Waals surface area (Å²) >= 11 is 0. The highest BCUT2D eigenvalue weighted by Crippen LogP contribution is 2.16. The second kappa shape index (κ2) is 5.19. The first kappa shape index (κ1) is 11.9. The van der Waals surface area contributed by atoms with Crippen LogP contribution in [-0.4, -0.2) is 4.98 Å². The molecular formula is C13H18N2O2. The predicted octanol–water partition coefficient (Wildman–Crippen LogP) is 2.99. The minimum atomic E-state index is 0.153. The fourth-order valence-corrected chi connectivity index (χ4v) is 1.62. The summed E-state index contributed by atoms with van der Waals surface area (Å²) in [6.07, 6.45) is 2.65. The van der Waals surface area contributed by atoms with Crippen LogP contribution in [0.1, 0.15) is 43.1 Å². The van der Waals surface area contributed by atoms with Gasteiger partial charge in [-0.05, 0) is 26.0 Å². The van der Waals surface area contributed by atoms with E-state index in [1.165, 1.54) is 0 Å². The van der Waals surface area contributed by atoms with Crippen LogP contribution in [0.2, 0.25) is 0 Å². The number of aryl methyl sites for hydroxylation is 2. The summed E-state index contributed by atoms with van der Waals surface area (Å²) in [7, 11) is 0. The number of nitrogens with one attached hydrogen (secondary N) is 1. The van der Waals surface area contributed by atoms with Gasteiger partial charge in [-0.3, -0.25) is 5.32 Å². The summed E-state index contributed by atoms with van der Waals surface area (Å²) in [5.41, 5.74) is 0. The lowest BCUT2D eigenvalue weighted by Gasteiger charge is -2.09. The second-order valence-electron chi connectivity index (χ2n) is 4.12. The van der Waals surface area contributed by atoms with Crippen molar-refractivity contribution in [1.82, 2.24) is 10.3 Å². The van der Waals surface area contributed by atoms with Gasteiger partial charge in [0, 0.05) is 6.42 Å². The fourth-order valence-electron chi connectivity index (χ4n) is 1.62. The van der Waals surface area contributed by atoms with Crippen molar-refractivity contribution in [2.75, 3.05) is 0 Å². The monoisotopic (exact) mass is 234 g/mol. The molecule has 4 nitrogen and oxygen atoms in total. The number of furan rings is 1. The smallest absolute Gasteiger partial charge is 0.208 e. The van der Waals surface area contributed by atoms with Gasteiger partial charge in [-0.15, -0.1) is 0 Å². The zero-order chi connectivity index (χ0) is 12.3. The summed E-state index contributed by atoms with van der Waals surface area (Å²) in [5.74, 6) is 3.50. The van der Waals surface area contributed by atoms with Gasteiger partial charge in [0.25, 0.3) is 0 Å². The summed E-state index contributed by atoms with van der Waals surface area (Å²) < 4.78 is 11.1. The molecule has 1 unspecified atom stereocenters. The van der Waals surface area contributed by atoms with Crippen LogP contribution in [0.4, 0.5) is 0 Å². The van der Waals surface area contributed by atoms with Gasteiger partial charge in [-0.2, -0.15) is 0 Å². The molecule has 0 fully saturated rings. The molecule has 0 aromatic carbocycles. The molecule has 0 saturated carbocycles. The minimum absolute atomic E-state index is 0.153. The maximum absolute atomic E-state index is 5.55.